The van der Waals surface area contributed by atoms with E-state index in [1.54, 1.807) is 17.3 Å². The van der Waals surface area contributed by atoms with E-state index in [-0.39, 0.29) is 5.91 Å². The van der Waals surface area contributed by atoms with E-state index in [4.69, 9.17) is 9.72 Å². The van der Waals surface area contributed by atoms with E-state index in [0.29, 0.717) is 44.4 Å². The van der Waals surface area contributed by atoms with E-state index >= 15 is 0 Å². The Morgan fingerprint density at radius 1 is 1.09 bits per heavy atom. The number of pyridine rings is 2. The third-order valence-corrected chi connectivity index (χ3v) is 6.32. The van der Waals surface area contributed by atoms with Crippen molar-refractivity contribution in [2.24, 2.45) is 0 Å². The molecular formula is C24H23N6O4S-. The highest BCUT2D eigenvalue weighted by atomic mass is 32.2. The van der Waals surface area contributed by atoms with Crippen molar-refractivity contribution >= 4 is 27.9 Å². The molecule has 1 saturated heterocycles. The molecule has 0 aliphatic carbocycles. The molecule has 0 bridgehead atoms. The lowest BCUT2D eigenvalue weighted by atomic mass is 10.2. The number of amides is 1. The van der Waals surface area contributed by atoms with Crippen LogP contribution >= 0.6 is 0 Å². The number of aromatic nitrogens is 4. The van der Waals surface area contributed by atoms with Gasteiger partial charge in [0.1, 0.15) is 5.75 Å². The van der Waals surface area contributed by atoms with Gasteiger partial charge in [-0.05, 0) is 47.5 Å². The van der Waals surface area contributed by atoms with Gasteiger partial charge in [-0.25, -0.2) is 4.98 Å². The van der Waals surface area contributed by atoms with Gasteiger partial charge in [0.2, 0.25) is 11.8 Å². The number of piperazine rings is 1. The first-order valence-corrected chi connectivity index (χ1v) is 12.4. The molecule has 1 unspecified atom stereocenters. The molecule has 1 aliphatic heterocycles. The van der Waals surface area contributed by atoms with Crippen LogP contribution in [-0.4, -0.2) is 76.6 Å². The summed E-state index contributed by atoms with van der Waals surface area (Å²) in [6, 6.07) is 15.3. The molecule has 35 heavy (non-hydrogen) atoms. The Morgan fingerprint density at radius 3 is 2.66 bits per heavy atom. The predicted molar refractivity (Wildman–Crippen MR) is 129 cm³/mol. The Labute approximate surface area is 204 Å². The monoisotopic (exact) mass is 491 g/mol. The van der Waals surface area contributed by atoms with Gasteiger partial charge in [0, 0.05) is 62.1 Å². The Kier molecular flexibility index (Phi) is 6.80. The first-order chi connectivity index (χ1) is 17.0. The Hall–Kier alpha value is -3.67. The van der Waals surface area contributed by atoms with Gasteiger partial charge >= 0.3 is 0 Å². The molecule has 1 aliphatic rings. The minimum absolute atomic E-state index is 0.344. The Balaban J connectivity index is 1.19. The molecule has 10 nitrogen and oxygen atoms in total. The number of ether oxygens (including phenoxy) is 1. The van der Waals surface area contributed by atoms with E-state index in [9.17, 15) is 13.6 Å². The topological polar surface area (TPSA) is 127 Å². The van der Waals surface area contributed by atoms with Crippen molar-refractivity contribution in [1.82, 2.24) is 30.0 Å². The fourth-order valence-electron chi connectivity index (χ4n) is 4.01. The molecule has 3 aromatic heterocycles. The number of nitrogens with one attached hydrogen (secondary N) is 1. The van der Waals surface area contributed by atoms with Crippen molar-refractivity contribution in [2.45, 2.75) is 6.54 Å². The van der Waals surface area contributed by atoms with Crippen LogP contribution < -0.4 is 4.74 Å². The molecule has 1 N–H and O–H groups in total. The van der Waals surface area contributed by atoms with Crippen LogP contribution in [0, 0.1) is 0 Å². The summed E-state index contributed by atoms with van der Waals surface area (Å²) in [6.45, 7) is 3.05. The van der Waals surface area contributed by atoms with Crippen LogP contribution in [0.2, 0.25) is 0 Å². The number of carbonyl (C=O) groups is 1. The summed E-state index contributed by atoms with van der Waals surface area (Å²) < 4.78 is 27.4. The van der Waals surface area contributed by atoms with Gasteiger partial charge < -0.3 is 14.2 Å². The highest BCUT2D eigenvalue weighted by Crippen LogP contribution is 2.26. The van der Waals surface area contributed by atoms with E-state index < -0.39 is 16.8 Å². The maximum absolute atomic E-state index is 11.9. The number of rotatable bonds is 7. The second-order valence-corrected chi connectivity index (χ2v) is 9.12. The normalized spacial score (nSPS) is 15.3. The van der Waals surface area contributed by atoms with Crippen LogP contribution in [0.25, 0.3) is 22.2 Å². The maximum Gasteiger partial charge on any atom is 0.234 e. The highest BCUT2D eigenvalue weighted by molar-refractivity contribution is 7.79. The minimum atomic E-state index is -2.35. The Morgan fingerprint density at radius 2 is 1.94 bits per heavy atom. The van der Waals surface area contributed by atoms with Crippen LogP contribution in [0.1, 0.15) is 5.69 Å². The summed E-state index contributed by atoms with van der Waals surface area (Å²) in [6.07, 6.45) is 3.43. The molecule has 5 rings (SSSR count). The standard InChI is InChI=1S/C24H24N6O4S/c31-24(16-35(32)33)30-11-9-29(10-12-30)15-19-3-1-17-13-20(4-5-21(17)27-19)34-23-6-2-18(14-25-23)22-7-8-26-28-22/h1-8,13-14H,9-12,15-16H2,(H,26,28)(H,32,33)/p-1. The summed E-state index contributed by atoms with van der Waals surface area (Å²) in [4.78, 5) is 24.9. The zero-order valence-electron chi connectivity index (χ0n) is 18.8. The second-order valence-electron chi connectivity index (χ2n) is 8.22. The van der Waals surface area contributed by atoms with Gasteiger partial charge in [-0.3, -0.25) is 24.0 Å². The highest BCUT2D eigenvalue weighted by Gasteiger charge is 2.21. The van der Waals surface area contributed by atoms with Gasteiger partial charge in [0.25, 0.3) is 0 Å². The van der Waals surface area contributed by atoms with Crippen LogP contribution in [0.15, 0.2) is 60.9 Å². The molecule has 1 amide bonds. The van der Waals surface area contributed by atoms with Crippen molar-refractivity contribution in [3.63, 3.8) is 0 Å². The zero-order chi connectivity index (χ0) is 24.2. The zero-order valence-corrected chi connectivity index (χ0v) is 19.6. The summed E-state index contributed by atoms with van der Waals surface area (Å²) in [5.74, 6) is 0.374. The van der Waals surface area contributed by atoms with Crippen molar-refractivity contribution < 1.29 is 18.3 Å². The molecular weight excluding hydrogens is 468 g/mol. The van der Waals surface area contributed by atoms with Crippen molar-refractivity contribution in [3.05, 3.63) is 66.6 Å². The van der Waals surface area contributed by atoms with Crippen LogP contribution in [0.5, 0.6) is 11.6 Å². The molecule has 0 radical (unpaired) electrons. The number of H-pyrrole nitrogens is 1. The average molecular weight is 492 g/mol. The first kappa shape index (κ1) is 23.1. The number of fused-ring (bicyclic) bond motifs is 1. The molecule has 0 saturated carbocycles. The summed E-state index contributed by atoms with van der Waals surface area (Å²) in [5, 5.41) is 7.82. The number of carbonyl (C=O) groups excluding carboxylic acids is 1. The maximum atomic E-state index is 11.9. The molecule has 4 heterocycles. The van der Waals surface area contributed by atoms with Crippen LogP contribution in [0.4, 0.5) is 0 Å². The molecule has 0 spiro atoms. The first-order valence-electron chi connectivity index (χ1n) is 11.1. The smallest absolute Gasteiger partial charge is 0.234 e. The fraction of sp³-hybridized carbons (Fsp3) is 0.250. The van der Waals surface area contributed by atoms with Crippen LogP contribution in [-0.2, 0) is 22.4 Å². The largest absolute Gasteiger partial charge is 0.772 e. The van der Waals surface area contributed by atoms with Crippen molar-refractivity contribution in [1.29, 1.82) is 0 Å². The molecule has 1 aromatic carbocycles. The number of hydrogen-bond donors (Lipinski definition) is 1. The second kappa shape index (κ2) is 10.3. The minimum Gasteiger partial charge on any atom is -0.772 e. The van der Waals surface area contributed by atoms with Crippen LogP contribution in [0.3, 0.4) is 0 Å². The fourth-order valence-corrected chi connectivity index (χ4v) is 4.40. The van der Waals surface area contributed by atoms with Gasteiger partial charge in [0.05, 0.1) is 22.7 Å². The van der Waals surface area contributed by atoms with E-state index in [0.717, 1.165) is 27.9 Å². The molecule has 4 aromatic rings. The van der Waals surface area contributed by atoms with E-state index in [1.165, 1.54) is 0 Å². The van der Waals surface area contributed by atoms with Gasteiger partial charge in [-0.15, -0.1) is 0 Å². The lowest BCUT2D eigenvalue weighted by molar-refractivity contribution is -0.130. The predicted octanol–water partition coefficient (Wildman–Crippen LogP) is 2.34. The Bertz CT molecular complexity index is 1340. The van der Waals surface area contributed by atoms with Crippen molar-refractivity contribution in [2.75, 3.05) is 31.9 Å². The van der Waals surface area contributed by atoms with Gasteiger partial charge in [-0.1, -0.05) is 6.07 Å². The third-order valence-electron chi connectivity index (χ3n) is 5.84. The molecule has 11 heteroatoms. The number of nitrogens with zero attached hydrogens (tertiary/aromatic N) is 5. The van der Waals surface area contributed by atoms with Crippen molar-refractivity contribution in [3.8, 4) is 22.9 Å². The summed E-state index contributed by atoms with van der Waals surface area (Å²) in [5.41, 5.74) is 3.62. The number of aromatic amines is 1. The third kappa shape index (κ3) is 5.70. The summed E-state index contributed by atoms with van der Waals surface area (Å²) in [7, 11) is 0. The van der Waals surface area contributed by atoms with E-state index in [2.05, 4.69) is 20.1 Å². The quantitative estimate of drug-likeness (QED) is 0.390. The average Bonchev–Trinajstić information content (AvgIpc) is 3.40. The lowest BCUT2D eigenvalue weighted by Crippen LogP contribution is -2.49. The lowest BCUT2D eigenvalue weighted by Gasteiger charge is -2.34. The SMILES string of the molecule is O=C(CS(=O)[O-])N1CCN(Cc2ccc3cc(Oc4ccc(-c5ccn[nH]5)cn4)ccc3n2)CC1. The number of hydrogen-bond acceptors (Lipinski definition) is 8. The molecule has 180 valence electrons. The van der Waals surface area contributed by atoms with Gasteiger partial charge in [0.15, 0.2) is 0 Å². The molecule has 1 fully saturated rings. The number of benzene rings is 1. The van der Waals surface area contributed by atoms with E-state index in [1.807, 2.05) is 48.5 Å². The summed E-state index contributed by atoms with van der Waals surface area (Å²) >= 11 is -2.35. The van der Waals surface area contributed by atoms with Gasteiger partial charge in [-0.2, -0.15) is 5.10 Å². The molecule has 1 atom stereocenters.